The van der Waals surface area contributed by atoms with E-state index in [9.17, 15) is 15.3 Å². The number of aliphatic hydroxyl groups excluding tert-OH is 4. The number of hydrogen-bond acceptors (Lipinski definition) is 7. The Balaban J connectivity index is 2.62. The molecule has 0 aliphatic carbocycles. The summed E-state index contributed by atoms with van der Waals surface area (Å²) in [6.45, 7) is -0.833. The lowest BCUT2D eigenvalue weighted by atomic mass is 9.99. The van der Waals surface area contributed by atoms with Crippen molar-refractivity contribution in [2.24, 2.45) is 0 Å². The minimum absolute atomic E-state index is 0.317. The molecule has 15 heavy (non-hydrogen) atoms. The van der Waals surface area contributed by atoms with E-state index in [0.29, 0.717) is 0 Å². The third-order valence-electron chi connectivity index (χ3n) is 2.16. The van der Waals surface area contributed by atoms with Crippen LogP contribution in [0.5, 0.6) is 0 Å². The molecule has 1 aliphatic heterocycles. The van der Waals surface area contributed by atoms with Crippen molar-refractivity contribution < 1.29 is 29.9 Å². The smallest absolute Gasteiger partial charge is 0.187 e. The van der Waals surface area contributed by atoms with Gasteiger partial charge in [0.05, 0.1) is 12.7 Å². The van der Waals surface area contributed by atoms with Gasteiger partial charge in [-0.15, -0.1) is 0 Å². The van der Waals surface area contributed by atoms with Gasteiger partial charge >= 0.3 is 0 Å². The number of nitriles is 1. The summed E-state index contributed by atoms with van der Waals surface area (Å²) in [7, 11) is 0. The van der Waals surface area contributed by atoms with Crippen LogP contribution in [0.1, 0.15) is 0 Å². The SMILES string of the molecule is N#CCO[C@@H]1O[C@@H](CO)[C@@H](O)[C@@H](O)[C@@H]1O. The molecule has 0 bridgehead atoms. The van der Waals surface area contributed by atoms with Gasteiger partial charge in [-0.05, 0) is 0 Å². The average molecular weight is 219 g/mol. The van der Waals surface area contributed by atoms with Crippen molar-refractivity contribution in [3.05, 3.63) is 0 Å². The van der Waals surface area contributed by atoms with Crippen LogP contribution in [0.25, 0.3) is 0 Å². The average Bonchev–Trinajstić information content (AvgIpc) is 2.25. The highest BCUT2D eigenvalue weighted by molar-refractivity contribution is 4.89. The van der Waals surface area contributed by atoms with E-state index in [4.69, 9.17) is 19.8 Å². The molecule has 0 spiro atoms. The van der Waals surface area contributed by atoms with Gasteiger partial charge in [0.25, 0.3) is 0 Å². The molecule has 0 radical (unpaired) electrons. The fourth-order valence-corrected chi connectivity index (χ4v) is 1.32. The molecule has 0 aromatic carbocycles. The second-order valence-electron chi connectivity index (χ2n) is 3.17. The molecule has 0 amide bonds. The summed E-state index contributed by atoms with van der Waals surface area (Å²) in [5.41, 5.74) is 0. The van der Waals surface area contributed by atoms with Crippen LogP contribution in [0.3, 0.4) is 0 Å². The zero-order chi connectivity index (χ0) is 11.4. The summed E-state index contributed by atoms with van der Waals surface area (Å²) in [4.78, 5) is 0. The van der Waals surface area contributed by atoms with Crippen molar-refractivity contribution in [1.82, 2.24) is 0 Å². The molecule has 1 saturated heterocycles. The van der Waals surface area contributed by atoms with Gasteiger partial charge in [0.1, 0.15) is 31.0 Å². The van der Waals surface area contributed by atoms with Crippen molar-refractivity contribution in [3.63, 3.8) is 0 Å². The Morgan fingerprint density at radius 2 is 1.87 bits per heavy atom. The van der Waals surface area contributed by atoms with Crippen LogP contribution in [-0.4, -0.2) is 64.3 Å². The summed E-state index contributed by atoms with van der Waals surface area (Å²) in [6.07, 6.45) is -6.56. The Morgan fingerprint density at radius 3 is 2.40 bits per heavy atom. The Labute approximate surface area is 86.1 Å². The predicted octanol–water partition coefficient (Wildman–Crippen LogP) is -2.67. The van der Waals surface area contributed by atoms with Crippen LogP contribution in [0.2, 0.25) is 0 Å². The maximum Gasteiger partial charge on any atom is 0.187 e. The minimum Gasteiger partial charge on any atom is -0.394 e. The molecule has 0 aromatic heterocycles. The lowest BCUT2D eigenvalue weighted by Crippen LogP contribution is -2.59. The molecule has 0 saturated carbocycles. The first kappa shape index (κ1) is 12.3. The van der Waals surface area contributed by atoms with Crippen LogP contribution in [0, 0.1) is 11.3 Å². The van der Waals surface area contributed by atoms with Crippen molar-refractivity contribution >= 4 is 0 Å². The first-order chi connectivity index (χ1) is 7.11. The van der Waals surface area contributed by atoms with E-state index in [0.717, 1.165) is 0 Å². The molecule has 7 heteroatoms. The van der Waals surface area contributed by atoms with Crippen LogP contribution >= 0.6 is 0 Å². The standard InChI is InChI=1S/C8H13NO6/c9-1-2-14-8-7(13)6(12)5(11)4(3-10)15-8/h4-8,10-13H,2-3H2/t4-,5+,6+,7-,8+/m0/s1. The Kier molecular flexibility index (Phi) is 4.41. The first-order valence-corrected chi connectivity index (χ1v) is 4.41. The minimum atomic E-state index is -1.47. The molecule has 5 atom stereocenters. The zero-order valence-electron chi connectivity index (χ0n) is 7.85. The topological polar surface area (TPSA) is 123 Å². The molecule has 7 nitrogen and oxygen atoms in total. The van der Waals surface area contributed by atoms with Gasteiger partial charge < -0.3 is 29.9 Å². The molecule has 0 aromatic rings. The fraction of sp³-hybridized carbons (Fsp3) is 0.875. The van der Waals surface area contributed by atoms with Crippen molar-refractivity contribution in [1.29, 1.82) is 5.26 Å². The molecule has 1 fully saturated rings. The first-order valence-electron chi connectivity index (χ1n) is 4.41. The fourth-order valence-electron chi connectivity index (χ4n) is 1.32. The van der Waals surface area contributed by atoms with Crippen molar-refractivity contribution in [2.45, 2.75) is 30.7 Å². The van der Waals surface area contributed by atoms with E-state index in [2.05, 4.69) is 0 Å². The molecule has 1 heterocycles. The molecular formula is C8H13NO6. The van der Waals surface area contributed by atoms with Crippen LogP contribution in [0.4, 0.5) is 0 Å². The summed E-state index contributed by atoms with van der Waals surface area (Å²) >= 11 is 0. The van der Waals surface area contributed by atoms with E-state index in [-0.39, 0.29) is 6.61 Å². The number of hydrogen-bond donors (Lipinski definition) is 4. The normalized spacial score (nSPS) is 41.1. The van der Waals surface area contributed by atoms with Gasteiger partial charge in [-0.25, -0.2) is 0 Å². The summed E-state index contributed by atoms with van der Waals surface area (Å²) in [6, 6.07) is 1.67. The van der Waals surface area contributed by atoms with Gasteiger partial charge in [0.2, 0.25) is 0 Å². The maximum absolute atomic E-state index is 9.40. The lowest BCUT2D eigenvalue weighted by Gasteiger charge is -2.39. The van der Waals surface area contributed by atoms with Gasteiger partial charge in [0, 0.05) is 0 Å². The van der Waals surface area contributed by atoms with Crippen LogP contribution in [0.15, 0.2) is 0 Å². The monoisotopic (exact) mass is 219 g/mol. The Bertz CT molecular complexity index is 240. The Morgan fingerprint density at radius 1 is 1.20 bits per heavy atom. The van der Waals surface area contributed by atoms with E-state index in [1.807, 2.05) is 0 Å². The largest absolute Gasteiger partial charge is 0.394 e. The van der Waals surface area contributed by atoms with Crippen LogP contribution < -0.4 is 0 Å². The number of aliphatic hydroxyl groups is 4. The van der Waals surface area contributed by atoms with Crippen molar-refractivity contribution in [2.75, 3.05) is 13.2 Å². The number of nitrogens with zero attached hydrogens (tertiary/aromatic N) is 1. The van der Waals surface area contributed by atoms with Gasteiger partial charge in [0.15, 0.2) is 6.29 Å². The lowest BCUT2D eigenvalue weighted by molar-refractivity contribution is -0.298. The van der Waals surface area contributed by atoms with Gasteiger partial charge in [-0.3, -0.25) is 0 Å². The van der Waals surface area contributed by atoms with E-state index < -0.39 is 37.3 Å². The van der Waals surface area contributed by atoms with Crippen molar-refractivity contribution in [3.8, 4) is 6.07 Å². The highest BCUT2D eigenvalue weighted by Crippen LogP contribution is 2.21. The van der Waals surface area contributed by atoms with E-state index in [1.165, 1.54) is 0 Å². The summed E-state index contributed by atoms with van der Waals surface area (Å²) in [5.74, 6) is 0. The summed E-state index contributed by atoms with van der Waals surface area (Å²) < 4.78 is 9.73. The van der Waals surface area contributed by atoms with E-state index in [1.54, 1.807) is 6.07 Å². The number of ether oxygens (including phenoxy) is 2. The molecule has 4 N–H and O–H groups in total. The third-order valence-corrected chi connectivity index (χ3v) is 2.16. The van der Waals surface area contributed by atoms with E-state index >= 15 is 0 Å². The Hall–Kier alpha value is -0.750. The maximum atomic E-state index is 9.40. The van der Waals surface area contributed by atoms with Gasteiger partial charge in [-0.1, -0.05) is 0 Å². The molecular weight excluding hydrogens is 206 g/mol. The van der Waals surface area contributed by atoms with Gasteiger partial charge in [-0.2, -0.15) is 5.26 Å². The third kappa shape index (κ3) is 2.63. The highest BCUT2D eigenvalue weighted by Gasteiger charge is 2.43. The van der Waals surface area contributed by atoms with Crippen LogP contribution in [-0.2, 0) is 9.47 Å². The molecule has 0 unspecified atom stereocenters. The second kappa shape index (κ2) is 5.37. The quantitative estimate of drug-likeness (QED) is 0.408. The molecule has 1 rings (SSSR count). The zero-order valence-corrected chi connectivity index (χ0v) is 7.85. The molecule has 1 aliphatic rings. The molecule has 86 valence electrons. The summed E-state index contributed by atoms with van der Waals surface area (Å²) in [5, 5.41) is 45.2. The highest BCUT2D eigenvalue weighted by atomic mass is 16.7. The predicted molar refractivity (Wildman–Crippen MR) is 45.3 cm³/mol. The number of rotatable bonds is 3. The second-order valence-corrected chi connectivity index (χ2v) is 3.17.